The number of nitrogens with one attached hydrogen (secondary N) is 1. The van der Waals surface area contributed by atoms with E-state index in [2.05, 4.69) is 37.5 Å². The Morgan fingerprint density at radius 3 is 2.26 bits per heavy atom. The Morgan fingerprint density at radius 1 is 1.16 bits per heavy atom. The molecule has 2 heteroatoms. The molecule has 0 aromatic heterocycles. The fourth-order valence-corrected chi connectivity index (χ4v) is 4.34. The van der Waals surface area contributed by atoms with Crippen LogP contribution in [0.1, 0.15) is 42.4 Å². The second kappa shape index (κ2) is 5.26. The number of nitrogens with two attached hydrogens (primary N) is 1. The van der Waals surface area contributed by atoms with Gasteiger partial charge in [-0.2, -0.15) is 0 Å². The summed E-state index contributed by atoms with van der Waals surface area (Å²) in [7, 11) is 0. The highest BCUT2D eigenvalue weighted by Gasteiger charge is 2.53. The molecule has 0 aliphatic heterocycles. The topological polar surface area (TPSA) is 38.0 Å². The van der Waals surface area contributed by atoms with Gasteiger partial charge in [0.05, 0.1) is 0 Å². The van der Waals surface area contributed by atoms with Gasteiger partial charge in [0.25, 0.3) is 0 Å². The van der Waals surface area contributed by atoms with Gasteiger partial charge in [0, 0.05) is 6.04 Å². The second-order valence-electron chi connectivity index (χ2n) is 6.54. The lowest BCUT2D eigenvalue weighted by atomic mass is 9.93. The van der Waals surface area contributed by atoms with E-state index in [1.54, 1.807) is 0 Å². The number of hydrazine groups is 1. The number of fused-ring (bicyclic) bond motifs is 1. The van der Waals surface area contributed by atoms with Crippen LogP contribution >= 0.6 is 0 Å². The molecular formula is C17H26N2. The van der Waals surface area contributed by atoms with E-state index >= 15 is 0 Å². The van der Waals surface area contributed by atoms with Crippen LogP contribution in [0.25, 0.3) is 0 Å². The number of rotatable bonds is 4. The Kier molecular flexibility index (Phi) is 3.64. The molecule has 2 nitrogen and oxygen atoms in total. The van der Waals surface area contributed by atoms with Crippen molar-refractivity contribution in [3.63, 3.8) is 0 Å². The van der Waals surface area contributed by atoms with Crippen molar-refractivity contribution in [3.8, 4) is 0 Å². The van der Waals surface area contributed by atoms with Crippen molar-refractivity contribution < 1.29 is 0 Å². The van der Waals surface area contributed by atoms with Gasteiger partial charge in [0.1, 0.15) is 0 Å². The normalized spacial score (nSPS) is 30.8. The first-order chi connectivity index (χ1) is 9.22. The van der Waals surface area contributed by atoms with Crippen LogP contribution in [0.2, 0.25) is 0 Å². The first-order valence-corrected chi connectivity index (χ1v) is 7.73. The van der Waals surface area contributed by atoms with Crippen molar-refractivity contribution >= 4 is 0 Å². The first-order valence-electron chi connectivity index (χ1n) is 7.73. The van der Waals surface area contributed by atoms with Crippen molar-refractivity contribution in [3.05, 3.63) is 34.9 Å². The lowest BCUT2D eigenvalue weighted by Gasteiger charge is -2.19. The summed E-state index contributed by atoms with van der Waals surface area (Å²) in [6.45, 7) is 4.44. The molecular weight excluding hydrogens is 232 g/mol. The van der Waals surface area contributed by atoms with E-state index in [0.29, 0.717) is 6.04 Å². The van der Waals surface area contributed by atoms with E-state index in [1.807, 2.05) is 0 Å². The summed E-state index contributed by atoms with van der Waals surface area (Å²) in [6, 6.07) is 7.05. The van der Waals surface area contributed by atoms with Gasteiger partial charge < -0.3 is 0 Å². The molecule has 0 bridgehead atoms. The van der Waals surface area contributed by atoms with Gasteiger partial charge in [-0.1, -0.05) is 31.0 Å². The minimum absolute atomic E-state index is 0.466. The molecule has 19 heavy (non-hydrogen) atoms. The van der Waals surface area contributed by atoms with Gasteiger partial charge in [-0.15, -0.1) is 0 Å². The molecule has 0 amide bonds. The van der Waals surface area contributed by atoms with Crippen molar-refractivity contribution in [1.29, 1.82) is 0 Å². The van der Waals surface area contributed by atoms with Crippen molar-refractivity contribution in [2.75, 3.05) is 0 Å². The molecule has 0 spiro atoms. The zero-order valence-corrected chi connectivity index (χ0v) is 12.2. The van der Waals surface area contributed by atoms with Crippen molar-refractivity contribution in [2.24, 2.45) is 23.6 Å². The molecule has 2 saturated carbocycles. The molecule has 0 heterocycles. The molecule has 3 rings (SSSR count). The van der Waals surface area contributed by atoms with E-state index in [-0.39, 0.29) is 0 Å². The molecule has 2 aliphatic rings. The van der Waals surface area contributed by atoms with Crippen molar-refractivity contribution in [1.82, 2.24) is 5.43 Å². The average molecular weight is 258 g/mol. The molecule has 0 radical (unpaired) electrons. The summed E-state index contributed by atoms with van der Waals surface area (Å²) in [4.78, 5) is 0. The summed E-state index contributed by atoms with van der Waals surface area (Å²) in [5, 5.41) is 0. The largest absolute Gasteiger partial charge is 0.271 e. The summed E-state index contributed by atoms with van der Waals surface area (Å²) in [5.74, 6) is 8.61. The van der Waals surface area contributed by atoms with Crippen LogP contribution in [-0.4, -0.2) is 6.04 Å². The summed E-state index contributed by atoms with van der Waals surface area (Å²) in [5.41, 5.74) is 7.43. The van der Waals surface area contributed by atoms with Crippen LogP contribution in [0.15, 0.2) is 18.2 Å². The van der Waals surface area contributed by atoms with Crippen LogP contribution in [-0.2, 0) is 6.42 Å². The fraction of sp³-hybridized carbons (Fsp3) is 0.647. The molecule has 104 valence electrons. The van der Waals surface area contributed by atoms with E-state index in [4.69, 9.17) is 5.84 Å². The standard InChI is InChI=1S/C17H26N2/c1-11-6-5-7-12(2)15(11)10-16(19-18)17-13-8-3-4-9-14(13)17/h5-7,13-14,16-17,19H,3-4,8-10,18H2,1-2H3. The number of hydrogen-bond donors (Lipinski definition) is 2. The highest BCUT2D eigenvalue weighted by molar-refractivity contribution is 5.34. The first kappa shape index (κ1) is 13.1. The minimum Gasteiger partial charge on any atom is -0.271 e. The zero-order chi connectivity index (χ0) is 13.4. The lowest BCUT2D eigenvalue weighted by Crippen LogP contribution is -2.39. The van der Waals surface area contributed by atoms with Crippen molar-refractivity contribution in [2.45, 2.75) is 52.0 Å². The van der Waals surface area contributed by atoms with Gasteiger partial charge >= 0.3 is 0 Å². The highest BCUT2D eigenvalue weighted by Crippen LogP contribution is 2.57. The number of aryl methyl sites for hydroxylation is 2. The smallest absolute Gasteiger partial charge is 0.0284 e. The average Bonchev–Trinajstić information content (AvgIpc) is 3.13. The monoisotopic (exact) mass is 258 g/mol. The van der Waals surface area contributed by atoms with Gasteiger partial charge in [-0.05, 0) is 67.6 Å². The molecule has 3 atom stereocenters. The summed E-state index contributed by atoms with van der Waals surface area (Å²) >= 11 is 0. The molecule has 1 aromatic rings. The molecule has 2 fully saturated rings. The third-order valence-electron chi connectivity index (χ3n) is 5.47. The van der Waals surface area contributed by atoms with Gasteiger partial charge in [-0.25, -0.2) is 0 Å². The quantitative estimate of drug-likeness (QED) is 0.643. The molecule has 2 aliphatic carbocycles. The van der Waals surface area contributed by atoms with Gasteiger partial charge in [0.15, 0.2) is 0 Å². The summed E-state index contributed by atoms with van der Waals surface area (Å²) < 4.78 is 0. The molecule has 3 N–H and O–H groups in total. The van der Waals surface area contributed by atoms with Crippen LogP contribution in [0.5, 0.6) is 0 Å². The maximum atomic E-state index is 5.87. The Balaban J connectivity index is 1.74. The highest BCUT2D eigenvalue weighted by atomic mass is 15.2. The van der Waals surface area contributed by atoms with Gasteiger partial charge in [-0.3, -0.25) is 11.3 Å². The Bertz CT molecular complexity index is 422. The minimum atomic E-state index is 0.466. The predicted octanol–water partition coefficient (Wildman–Crippen LogP) is 3.11. The van der Waals surface area contributed by atoms with Gasteiger partial charge in [0.2, 0.25) is 0 Å². The Labute approximate surface area is 116 Å². The maximum absolute atomic E-state index is 5.87. The van der Waals surface area contributed by atoms with E-state index in [0.717, 1.165) is 24.2 Å². The van der Waals surface area contributed by atoms with Crippen LogP contribution in [0.4, 0.5) is 0 Å². The molecule has 0 saturated heterocycles. The van der Waals surface area contributed by atoms with Crippen LogP contribution in [0.3, 0.4) is 0 Å². The zero-order valence-electron chi connectivity index (χ0n) is 12.2. The van der Waals surface area contributed by atoms with E-state index in [1.165, 1.54) is 42.4 Å². The van der Waals surface area contributed by atoms with Crippen LogP contribution in [0, 0.1) is 31.6 Å². The molecule has 1 aromatic carbocycles. The number of hydrogen-bond acceptors (Lipinski definition) is 2. The summed E-state index contributed by atoms with van der Waals surface area (Å²) in [6.07, 6.45) is 6.81. The number of benzene rings is 1. The second-order valence-corrected chi connectivity index (χ2v) is 6.54. The third kappa shape index (κ3) is 2.44. The Hall–Kier alpha value is -0.860. The predicted molar refractivity (Wildman–Crippen MR) is 79.7 cm³/mol. The SMILES string of the molecule is Cc1cccc(C)c1CC(NN)C1C2CCCCC21. The van der Waals surface area contributed by atoms with E-state index in [9.17, 15) is 0 Å². The lowest BCUT2D eigenvalue weighted by molar-refractivity contribution is 0.436. The van der Waals surface area contributed by atoms with E-state index < -0.39 is 0 Å². The van der Waals surface area contributed by atoms with Crippen LogP contribution < -0.4 is 11.3 Å². The fourth-order valence-electron chi connectivity index (χ4n) is 4.34. The molecule has 3 unspecified atom stereocenters. The Morgan fingerprint density at radius 2 is 1.74 bits per heavy atom. The third-order valence-corrected chi connectivity index (χ3v) is 5.47. The maximum Gasteiger partial charge on any atom is 0.0284 e.